The van der Waals surface area contributed by atoms with Gasteiger partial charge in [-0.25, -0.2) is 9.97 Å². The second-order valence-corrected chi connectivity index (χ2v) is 4.97. The number of nitrogens with zero attached hydrogens (tertiary/aromatic N) is 2. The van der Waals surface area contributed by atoms with E-state index in [1.807, 2.05) is 0 Å². The van der Waals surface area contributed by atoms with Crippen LogP contribution in [0.5, 0.6) is 5.75 Å². The molecule has 0 radical (unpaired) electrons. The highest BCUT2D eigenvalue weighted by Gasteiger charge is 2.28. The summed E-state index contributed by atoms with van der Waals surface area (Å²) in [6.07, 6.45) is -3.06. The van der Waals surface area contributed by atoms with Crippen LogP contribution in [-0.4, -0.2) is 28.7 Å². The fourth-order valence-electron chi connectivity index (χ4n) is 1.89. The molecule has 6 nitrogen and oxygen atoms in total. The second-order valence-electron chi connectivity index (χ2n) is 4.97. The van der Waals surface area contributed by atoms with Crippen LogP contribution in [0, 0.1) is 0 Å². The highest BCUT2D eigenvalue weighted by Crippen LogP contribution is 2.22. The fraction of sp³-hybridized carbons (Fsp3) is 0.267. The number of carbonyl (C=O) groups is 1. The minimum Gasteiger partial charge on any atom is -0.484 e. The molecule has 1 aromatic heterocycles. The Morgan fingerprint density at radius 3 is 2.79 bits per heavy atom. The Morgan fingerprint density at radius 2 is 2.12 bits per heavy atom. The van der Waals surface area contributed by atoms with Gasteiger partial charge in [0.1, 0.15) is 11.4 Å². The van der Waals surface area contributed by atoms with Crippen molar-refractivity contribution in [3.8, 4) is 5.75 Å². The maximum atomic E-state index is 12.2. The van der Waals surface area contributed by atoms with Gasteiger partial charge in [0, 0.05) is 6.20 Å². The van der Waals surface area contributed by atoms with Crippen LogP contribution in [-0.2, 0) is 0 Å². The lowest BCUT2D eigenvalue weighted by Gasteiger charge is -2.16. The number of nitrogen functional groups attached to an aromatic ring is 1. The predicted molar refractivity (Wildman–Crippen MR) is 80.3 cm³/mol. The van der Waals surface area contributed by atoms with Crippen LogP contribution in [0.1, 0.15) is 29.0 Å². The minimum atomic E-state index is -4.41. The first kappa shape index (κ1) is 17.5. The zero-order valence-corrected chi connectivity index (χ0v) is 12.7. The summed E-state index contributed by atoms with van der Waals surface area (Å²) < 4.78 is 41.3. The van der Waals surface area contributed by atoms with Crippen molar-refractivity contribution in [3.05, 3.63) is 47.8 Å². The van der Waals surface area contributed by atoms with Gasteiger partial charge in [0.25, 0.3) is 5.91 Å². The highest BCUT2D eigenvalue weighted by atomic mass is 19.4. The molecule has 0 fully saturated rings. The molecule has 1 amide bonds. The number of aromatic nitrogens is 2. The van der Waals surface area contributed by atoms with E-state index in [9.17, 15) is 18.0 Å². The number of nitrogens with two attached hydrogens (primary N) is 1. The second kappa shape index (κ2) is 7.16. The van der Waals surface area contributed by atoms with Crippen LogP contribution in [0.3, 0.4) is 0 Å². The predicted octanol–water partition coefficient (Wildman–Crippen LogP) is 2.49. The molecule has 0 saturated heterocycles. The summed E-state index contributed by atoms with van der Waals surface area (Å²) in [5.41, 5.74) is 6.10. The summed E-state index contributed by atoms with van der Waals surface area (Å²) in [5, 5.41) is 2.68. The Hall–Kier alpha value is -2.84. The average Bonchev–Trinajstić information content (AvgIpc) is 2.52. The molecule has 0 spiro atoms. The van der Waals surface area contributed by atoms with Crippen molar-refractivity contribution < 1.29 is 22.7 Å². The Balaban J connectivity index is 2.04. The van der Waals surface area contributed by atoms with E-state index < -0.39 is 24.7 Å². The molecule has 2 rings (SSSR count). The summed E-state index contributed by atoms with van der Waals surface area (Å²) in [5.74, 6) is -0.437. The van der Waals surface area contributed by atoms with Crippen molar-refractivity contribution in [1.29, 1.82) is 0 Å². The van der Waals surface area contributed by atoms with Gasteiger partial charge in [0.05, 0.1) is 6.04 Å². The van der Waals surface area contributed by atoms with Crippen molar-refractivity contribution in [2.75, 3.05) is 12.3 Å². The lowest BCUT2D eigenvalue weighted by Crippen LogP contribution is -2.27. The largest absolute Gasteiger partial charge is 0.484 e. The molecule has 0 bridgehead atoms. The number of carbonyl (C=O) groups excluding carboxylic acids is 1. The topological polar surface area (TPSA) is 90.1 Å². The Morgan fingerprint density at radius 1 is 1.38 bits per heavy atom. The normalized spacial score (nSPS) is 12.5. The molecule has 128 valence electrons. The number of benzene rings is 1. The number of alkyl halides is 3. The lowest BCUT2D eigenvalue weighted by atomic mass is 10.1. The lowest BCUT2D eigenvalue weighted by molar-refractivity contribution is -0.153. The molecule has 1 atom stereocenters. The Labute approximate surface area is 135 Å². The smallest absolute Gasteiger partial charge is 0.422 e. The molecular weight excluding hydrogens is 325 g/mol. The number of amides is 1. The molecule has 1 heterocycles. The third kappa shape index (κ3) is 5.11. The van der Waals surface area contributed by atoms with Gasteiger partial charge < -0.3 is 15.8 Å². The number of ether oxygens (including phenoxy) is 1. The number of halogens is 3. The van der Waals surface area contributed by atoms with Crippen LogP contribution in [0.4, 0.5) is 19.1 Å². The minimum absolute atomic E-state index is 0.0298. The monoisotopic (exact) mass is 340 g/mol. The van der Waals surface area contributed by atoms with E-state index in [2.05, 4.69) is 15.3 Å². The standard InChI is InChI=1S/C15H15F3N4O2/c1-9(21-13(23)12-5-6-20-14(19)22-12)10-3-2-4-11(7-10)24-8-15(16,17)18/h2-7,9H,8H2,1H3,(H,21,23)(H2,19,20,22). The van der Waals surface area contributed by atoms with Gasteiger partial charge in [-0.3, -0.25) is 4.79 Å². The maximum Gasteiger partial charge on any atom is 0.422 e. The summed E-state index contributed by atoms with van der Waals surface area (Å²) in [4.78, 5) is 19.6. The molecule has 0 aliphatic rings. The maximum absolute atomic E-state index is 12.2. The van der Waals surface area contributed by atoms with Gasteiger partial charge in [-0.2, -0.15) is 13.2 Å². The molecule has 2 aromatic rings. The zero-order chi connectivity index (χ0) is 17.7. The summed E-state index contributed by atoms with van der Waals surface area (Å²) in [6.45, 7) is 0.308. The van der Waals surface area contributed by atoms with Gasteiger partial charge >= 0.3 is 6.18 Å². The van der Waals surface area contributed by atoms with Gasteiger partial charge in [0.2, 0.25) is 5.95 Å². The molecule has 24 heavy (non-hydrogen) atoms. The van der Waals surface area contributed by atoms with Crippen molar-refractivity contribution >= 4 is 11.9 Å². The first-order valence-electron chi connectivity index (χ1n) is 6.93. The molecule has 1 aromatic carbocycles. The number of rotatable bonds is 5. The first-order chi connectivity index (χ1) is 11.2. The van der Waals surface area contributed by atoms with E-state index in [1.54, 1.807) is 19.1 Å². The molecular formula is C15H15F3N4O2. The van der Waals surface area contributed by atoms with Crippen molar-refractivity contribution in [1.82, 2.24) is 15.3 Å². The fourth-order valence-corrected chi connectivity index (χ4v) is 1.89. The summed E-state index contributed by atoms with van der Waals surface area (Å²) in [7, 11) is 0. The van der Waals surface area contributed by atoms with Crippen LogP contribution in [0.15, 0.2) is 36.5 Å². The first-order valence-corrected chi connectivity index (χ1v) is 6.93. The average molecular weight is 340 g/mol. The van der Waals surface area contributed by atoms with E-state index >= 15 is 0 Å². The number of hydrogen-bond donors (Lipinski definition) is 2. The van der Waals surface area contributed by atoms with E-state index in [0.29, 0.717) is 5.56 Å². The van der Waals surface area contributed by atoms with E-state index in [0.717, 1.165) is 0 Å². The highest BCUT2D eigenvalue weighted by molar-refractivity contribution is 5.92. The number of hydrogen-bond acceptors (Lipinski definition) is 5. The molecule has 1 unspecified atom stereocenters. The molecule has 0 saturated carbocycles. The quantitative estimate of drug-likeness (QED) is 0.873. The van der Waals surface area contributed by atoms with Crippen LogP contribution in [0.2, 0.25) is 0 Å². The number of nitrogens with one attached hydrogen (secondary N) is 1. The zero-order valence-electron chi connectivity index (χ0n) is 12.7. The van der Waals surface area contributed by atoms with Crippen molar-refractivity contribution in [2.45, 2.75) is 19.1 Å². The number of anilines is 1. The summed E-state index contributed by atoms with van der Waals surface area (Å²) in [6, 6.07) is 7.00. The molecule has 9 heteroatoms. The molecule has 0 aliphatic heterocycles. The Bertz CT molecular complexity index is 722. The van der Waals surface area contributed by atoms with Gasteiger partial charge in [-0.05, 0) is 30.7 Å². The van der Waals surface area contributed by atoms with Gasteiger partial charge in [0.15, 0.2) is 6.61 Å². The summed E-state index contributed by atoms with van der Waals surface area (Å²) >= 11 is 0. The van der Waals surface area contributed by atoms with Crippen LogP contribution in [0.25, 0.3) is 0 Å². The van der Waals surface area contributed by atoms with Crippen LogP contribution >= 0.6 is 0 Å². The Kier molecular flexibility index (Phi) is 5.22. The SMILES string of the molecule is CC(NC(=O)c1ccnc(N)n1)c1cccc(OCC(F)(F)F)c1. The molecule has 3 N–H and O–H groups in total. The van der Waals surface area contributed by atoms with E-state index in [4.69, 9.17) is 10.5 Å². The van der Waals surface area contributed by atoms with Crippen molar-refractivity contribution in [3.63, 3.8) is 0 Å². The van der Waals surface area contributed by atoms with Gasteiger partial charge in [-0.1, -0.05) is 12.1 Å². The third-order valence-corrected chi connectivity index (χ3v) is 3.02. The van der Waals surface area contributed by atoms with Crippen LogP contribution < -0.4 is 15.8 Å². The molecule has 0 aliphatic carbocycles. The van der Waals surface area contributed by atoms with Crippen molar-refractivity contribution in [2.24, 2.45) is 0 Å². The third-order valence-electron chi connectivity index (χ3n) is 3.02. The van der Waals surface area contributed by atoms with E-state index in [1.165, 1.54) is 24.4 Å². The van der Waals surface area contributed by atoms with E-state index in [-0.39, 0.29) is 17.4 Å². The van der Waals surface area contributed by atoms with Gasteiger partial charge in [-0.15, -0.1) is 0 Å².